The zero-order valence-corrected chi connectivity index (χ0v) is 8.53. The van der Waals surface area contributed by atoms with Crippen LogP contribution >= 0.6 is 11.8 Å². The quantitative estimate of drug-likeness (QED) is 0.752. The van der Waals surface area contributed by atoms with Gasteiger partial charge in [0.05, 0.1) is 0 Å². The highest BCUT2D eigenvalue weighted by molar-refractivity contribution is 7.99. The van der Waals surface area contributed by atoms with Gasteiger partial charge in [0.1, 0.15) is 0 Å². The molecule has 1 aromatic heterocycles. The van der Waals surface area contributed by atoms with E-state index in [1.54, 1.807) is 0 Å². The van der Waals surface area contributed by atoms with Gasteiger partial charge in [0.2, 0.25) is 0 Å². The van der Waals surface area contributed by atoms with Crippen molar-refractivity contribution in [3.63, 3.8) is 0 Å². The molecule has 1 unspecified atom stereocenters. The van der Waals surface area contributed by atoms with Crippen molar-refractivity contribution in [3.8, 4) is 0 Å². The second-order valence-electron chi connectivity index (χ2n) is 2.84. The number of thioether (sulfide) groups is 1. The normalized spacial score (nSPS) is 12.9. The van der Waals surface area contributed by atoms with Gasteiger partial charge in [-0.1, -0.05) is 6.92 Å². The van der Waals surface area contributed by atoms with Crippen LogP contribution in [-0.4, -0.2) is 28.0 Å². The molecule has 0 aliphatic rings. The molecule has 0 aliphatic carbocycles. The van der Waals surface area contributed by atoms with Gasteiger partial charge in [-0.3, -0.25) is 0 Å². The fourth-order valence-corrected chi connectivity index (χ4v) is 1.08. The predicted molar refractivity (Wildman–Crippen MR) is 54.8 cm³/mol. The van der Waals surface area contributed by atoms with Crippen LogP contribution in [0.5, 0.6) is 0 Å². The van der Waals surface area contributed by atoms with Gasteiger partial charge in [0.25, 0.3) is 0 Å². The maximum absolute atomic E-state index is 4.15. The lowest BCUT2D eigenvalue weighted by Crippen LogP contribution is -2.13. The Balaban J connectivity index is 2.33. The van der Waals surface area contributed by atoms with E-state index in [2.05, 4.69) is 28.5 Å². The molecular weight excluding hydrogens is 170 g/mol. The molecule has 1 aromatic rings. The fourth-order valence-electron chi connectivity index (χ4n) is 0.826. The molecule has 0 aliphatic heterocycles. The smallest absolute Gasteiger partial charge is 0.200 e. The van der Waals surface area contributed by atoms with Crippen molar-refractivity contribution in [2.75, 3.05) is 18.1 Å². The van der Waals surface area contributed by atoms with Gasteiger partial charge in [-0.05, 0) is 13.2 Å². The summed E-state index contributed by atoms with van der Waals surface area (Å²) in [6.45, 7) is 5.14. The van der Waals surface area contributed by atoms with Crippen molar-refractivity contribution in [1.29, 1.82) is 0 Å². The highest BCUT2D eigenvalue weighted by Crippen LogP contribution is 2.06. The van der Waals surface area contributed by atoms with Crippen LogP contribution in [0.2, 0.25) is 0 Å². The summed E-state index contributed by atoms with van der Waals surface area (Å²) in [5, 5.41) is 3.85. The minimum absolute atomic E-state index is 0.621. The van der Waals surface area contributed by atoms with E-state index in [1.807, 2.05) is 24.9 Å². The summed E-state index contributed by atoms with van der Waals surface area (Å²) in [6.07, 6.45) is 3.94. The van der Waals surface area contributed by atoms with Crippen molar-refractivity contribution in [1.82, 2.24) is 9.97 Å². The number of nitrogens with zero attached hydrogens (tertiary/aromatic N) is 1. The van der Waals surface area contributed by atoms with Crippen molar-refractivity contribution in [3.05, 3.63) is 11.9 Å². The number of H-pyrrole nitrogens is 1. The molecule has 0 fully saturated rings. The van der Waals surface area contributed by atoms with E-state index in [-0.39, 0.29) is 0 Å². The molecule has 3 nitrogen and oxygen atoms in total. The van der Waals surface area contributed by atoms with Crippen LogP contribution in [0.3, 0.4) is 0 Å². The molecule has 68 valence electrons. The first-order valence-electron chi connectivity index (χ1n) is 4.00. The number of nitrogens with one attached hydrogen (secondary N) is 2. The zero-order valence-electron chi connectivity index (χ0n) is 7.72. The van der Waals surface area contributed by atoms with Crippen LogP contribution in [0, 0.1) is 6.92 Å². The second-order valence-corrected chi connectivity index (χ2v) is 4.12. The highest BCUT2D eigenvalue weighted by atomic mass is 32.2. The Hall–Kier alpha value is -0.640. The summed E-state index contributed by atoms with van der Waals surface area (Å²) in [4.78, 5) is 7.27. The summed E-state index contributed by atoms with van der Waals surface area (Å²) in [5.41, 5.74) is 1.09. The summed E-state index contributed by atoms with van der Waals surface area (Å²) < 4.78 is 0. The standard InChI is InChI=1S/C8H15N3S/c1-6-4-9-8(11-6)10-5-7(2)12-3/h4,7H,5H2,1-3H3,(H2,9,10,11). The molecule has 12 heavy (non-hydrogen) atoms. The van der Waals surface area contributed by atoms with Gasteiger partial charge in [-0.2, -0.15) is 11.8 Å². The number of aromatic nitrogens is 2. The lowest BCUT2D eigenvalue weighted by Gasteiger charge is -2.07. The van der Waals surface area contributed by atoms with E-state index >= 15 is 0 Å². The Morgan fingerprint density at radius 1 is 1.75 bits per heavy atom. The number of anilines is 1. The maximum Gasteiger partial charge on any atom is 0.200 e. The number of hydrogen-bond acceptors (Lipinski definition) is 3. The van der Waals surface area contributed by atoms with Crippen LogP contribution in [0.1, 0.15) is 12.6 Å². The first-order chi connectivity index (χ1) is 5.72. The molecule has 2 N–H and O–H groups in total. The van der Waals surface area contributed by atoms with Gasteiger partial charge in [-0.25, -0.2) is 4.98 Å². The summed E-state index contributed by atoms with van der Waals surface area (Å²) in [5.74, 6) is 0.869. The molecule has 0 saturated heterocycles. The van der Waals surface area contributed by atoms with E-state index in [0.29, 0.717) is 5.25 Å². The summed E-state index contributed by atoms with van der Waals surface area (Å²) >= 11 is 1.85. The third-order valence-corrected chi connectivity index (χ3v) is 2.63. The predicted octanol–water partition coefficient (Wildman–Crippen LogP) is 1.88. The van der Waals surface area contributed by atoms with Crippen molar-refractivity contribution < 1.29 is 0 Å². The third-order valence-electron chi connectivity index (χ3n) is 1.66. The average molecular weight is 185 g/mol. The van der Waals surface area contributed by atoms with Crippen LogP contribution in [0.15, 0.2) is 6.20 Å². The lowest BCUT2D eigenvalue weighted by atomic mass is 10.5. The average Bonchev–Trinajstić information content (AvgIpc) is 2.47. The Labute approximate surface area is 77.4 Å². The lowest BCUT2D eigenvalue weighted by molar-refractivity contribution is 0.982. The molecule has 0 radical (unpaired) electrons. The number of hydrogen-bond donors (Lipinski definition) is 2. The monoisotopic (exact) mass is 185 g/mol. The first kappa shape index (κ1) is 9.45. The van der Waals surface area contributed by atoms with Gasteiger partial charge in [0, 0.05) is 23.7 Å². The molecule has 0 spiro atoms. The Bertz CT molecular complexity index is 234. The molecule has 0 bridgehead atoms. The van der Waals surface area contributed by atoms with Crippen molar-refractivity contribution in [2.45, 2.75) is 19.1 Å². The molecule has 1 heterocycles. The minimum atomic E-state index is 0.621. The van der Waals surface area contributed by atoms with Crippen molar-refractivity contribution >= 4 is 17.7 Å². The number of aromatic amines is 1. The van der Waals surface area contributed by atoms with E-state index in [4.69, 9.17) is 0 Å². The SMILES string of the molecule is CSC(C)CNc1ncc(C)[nH]1. The second kappa shape index (κ2) is 4.40. The number of aryl methyl sites for hydroxylation is 1. The van der Waals surface area contributed by atoms with E-state index in [1.165, 1.54) is 0 Å². The van der Waals surface area contributed by atoms with Crippen molar-refractivity contribution in [2.24, 2.45) is 0 Å². The minimum Gasteiger partial charge on any atom is -0.355 e. The van der Waals surface area contributed by atoms with Gasteiger partial charge < -0.3 is 10.3 Å². The fraction of sp³-hybridized carbons (Fsp3) is 0.625. The van der Waals surface area contributed by atoms with Crippen LogP contribution < -0.4 is 5.32 Å². The topological polar surface area (TPSA) is 40.7 Å². The van der Waals surface area contributed by atoms with Gasteiger partial charge >= 0.3 is 0 Å². The Morgan fingerprint density at radius 2 is 2.50 bits per heavy atom. The van der Waals surface area contributed by atoms with Crippen LogP contribution in [0.25, 0.3) is 0 Å². The van der Waals surface area contributed by atoms with Gasteiger partial charge in [-0.15, -0.1) is 0 Å². The molecular formula is C8H15N3S. The van der Waals surface area contributed by atoms with Gasteiger partial charge in [0.15, 0.2) is 5.95 Å². The highest BCUT2D eigenvalue weighted by Gasteiger charge is 2.00. The number of rotatable bonds is 4. The largest absolute Gasteiger partial charge is 0.355 e. The zero-order chi connectivity index (χ0) is 8.97. The molecule has 0 amide bonds. The molecule has 0 saturated carbocycles. The Kier molecular flexibility index (Phi) is 3.47. The molecule has 1 atom stereocenters. The number of imidazole rings is 1. The summed E-state index contributed by atoms with van der Waals surface area (Å²) in [7, 11) is 0. The van der Waals surface area contributed by atoms with E-state index < -0.39 is 0 Å². The third kappa shape index (κ3) is 2.77. The Morgan fingerprint density at radius 3 is 3.00 bits per heavy atom. The molecule has 1 rings (SSSR count). The first-order valence-corrected chi connectivity index (χ1v) is 5.29. The van der Waals surface area contributed by atoms with E-state index in [0.717, 1.165) is 18.2 Å². The maximum atomic E-state index is 4.15. The summed E-state index contributed by atoms with van der Waals surface area (Å²) in [6, 6.07) is 0. The molecule has 4 heteroatoms. The van der Waals surface area contributed by atoms with Crippen LogP contribution in [-0.2, 0) is 0 Å². The van der Waals surface area contributed by atoms with E-state index in [9.17, 15) is 0 Å². The molecule has 0 aromatic carbocycles. The van der Waals surface area contributed by atoms with Crippen LogP contribution in [0.4, 0.5) is 5.95 Å².